The van der Waals surface area contributed by atoms with Gasteiger partial charge in [-0.2, -0.15) is 5.10 Å². The number of rotatable bonds is 4. The van der Waals surface area contributed by atoms with Gasteiger partial charge in [0, 0.05) is 25.9 Å². The van der Waals surface area contributed by atoms with Crippen LogP contribution in [0.4, 0.5) is 0 Å². The summed E-state index contributed by atoms with van der Waals surface area (Å²) in [5.41, 5.74) is 1.45. The molecule has 1 aliphatic heterocycles. The smallest absolute Gasteiger partial charge is 0.291 e. The minimum Gasteiger partial charge on any atom is -0.438 e. The Kier molecular flexibility index (Phi) is 8.55. The lowest BCUT2D eigenvalue weighted by atomic mass is 10.0. The highest BCUT2D eigenvalue weighted by Gasteiger charge is 2.30. The van der Waals surface area contributed by atoms with Crippen molar-refractivity contribution >= 4 is 17.7 Å². The highest BCUT2D eigenvalue weighted by molar-refractivity contribution is 5.92. The van der Waals surface area contributed by atoms with Crippen LogP contribution in [0.1, 0.15) is 66.2 Å². The van der Waals surface area contributed by atoms with Gasteiger partial charge in [0.15, 0.2) is 6.39 Å². The van der Waals surface area contributed by atoms with Crippen LogP contribution in [0.3, 0.4) is 0 Å². The Morgan fingerprint density at radius 3 is 2.55 bits per heavy atom. The lowest BCUT2D eigenvalue weighted by Crippen LogP contribution is -2.50. The molecule has 3 amide bonds. The van der Waals surface area contributed by atoms with E-state index in [4.69, 9.17) is 4.42 Å². The predicted octanol–water partition coefficient (Wildman–Crippen LogP) is 2.36. The van der Waals surface area contributed by atoms with E-state index in [1.807, 2.05) is 44.2 Å². The van der Waals surface area contributed by atoms with Crippen LogP contribution in [0, 0.1) is 19.8 Å². The van der Waals surface area contributed by atoms with Crippen molar-refractivity contribution in [2.24, 2.45) is 5.92 Å². The molecule has 202 valence electrons. The quantitative estimate of drug-likeness (QED) is 0.538. The predicted molar refractivity (Wildman–Crippen MR) is 139 cm³/mol. The number of aromatic nitrogens is 4. The van der Waals surface area contributed by atoms with Crippen LogP contribution < -0.4 is 10.6 Å². The Hall–Kier alpha value is -4.02. The number of carbonyl (C=O) groups excluding carboxylic acids is 3. The first kappa shape index (κ1) is 27.0. The normalized spacial score (nSPS) is 19.4. The maximum Gasteiger partial charge on any atom is 0.291 e. The summed E-state index contributed by atoms with van der Waals surface area (Å²) in [5.74, 6) is 0.543. The fourth-order valence-corrected chi connectivity index (χ4v) is 4.59. The fourth-order valence-electron chi connectivity index (χ4n) is 4.59. The van der Waals surface area contributed by atoms with Crippen LogP contribution in [-0.4, -0.2) is 61.5 Å². The third-order valence-electron chi connectivity index (χ3n) is 6.62. The number of oxazole rings is 1. The molecular weight excluding hydrogens is 486 g/mol. The number of hydrogen-bond acceptors (Lipinski definition) is 7. The molecule has 2 N–H and O–H groups in total. The summed E-state index contributed by atoms with van der Waals surface area (Å²) in [7, 11) is 0. The number of carbonyl (C=O) groups is 3. The number of benzene rings is 1. The molecular formula is C27H35N7O4. The van der Waals surface area contributed by atoms with Crippen LogP contribution >= 0.6 is 0 Å². The third-order valence-corrected chi connectivity index (χ3v) is 6.62. The van der Waals surface area contributed by atoms with Gasteiger partial charge in [-0.15, -0.1) is 0 Å². The minimum atomic E-state index is -0.763. The molecule has 3 heterocycles. The molecule has 1 aliphatic rings. The van der Waals surface area contributed by atoms with E-state index < -0.39 is 12.1 Å². The van der Waals surface area contributed by atoms with Gasteiger partial charge in [-0.1, -0.05) is 44.2 Å². The van der Waals surface area contributed by atoms with Gasteiger partial charge in [0.05, 0.1) is 18.3 Å². The van der Waals surface area contributed by atoms with Gasteiger partial charge in [0.2, 0.25) is 17.6 Å². The molecule has 3 aromatic rings. The van der Waals surface area contributed by atoms with Gasteiger partial charge in [-0.05, 0) is 31.7 Å². The highest BCUT2D eigenvalue weighted by Crippen LogP contribution is 2.22. The van der Waals surface area contributed by atoms with Gasteiger partial charge >= 0.3 is 0 Å². The summed E-state index contributed by atoms with van der Waals surface area (Å²) in [5, 5.41) is 10.6. The van der Waals surface area contributed by atoms with E-state index in [2.05, 4.69) is 25.7 Å². The summed E-state index contributed by atoms with van der Waals surface area (Å²) in [4.78, 5) is 50.1. The molecule has 0 fully saturated rings. The Labute approximate surface area is 222 Å². The zero-order chi connectivity index (χ0) is 27.2. The summed E-state index contributed by atoms with van der Waals surface area (Å²) in [6, 6.07) is 8.37. The van der Waals surface area contributed by atoms with Crippen molar-refractivity contribution in [3.8, 4) is 0 Å². The fraction of sp³-hybridized carbons (Fsp3) is 0.481. The van der Waals surface area contributed by atoms with Crippen molar-refractivity contribution < 1.29 is 18.8 Å². The largest absolute Gasteiger partial charge is 0.438 e. The molecule has 0 saturated heterocycles. The van der Waals surface area contributed by atoms with Crippen molar-refractivity contribution in [3.05, 3.63) is 65.4 Å². The maximum absolute atomic E-state index is 13.5. The Bertz CT molecular complexity index is 1270. The van der Waals surface area contributed by atoms with E-state index in [0.29, 0.717) is 49.8 Å². The molecule has 11 heteroatoms. The molecule has 0 spiro atoms. The number of nitrogens with zero attached hydrogens (tertiary/aromatic N) is 5. The van der Waals surface area contributed by atoms with Crippen LogP contribution in [0.5, 0.6) is 0 Å². The lowest BCUT2D eigenvalue weighted by molar-refractivity contribution is -0.129. The molecule has 11 nitrogen and oxygen atoms in total. The number of hydrogen-bond donors (Lipinski definition) is 2. The van der Waals surface area contributed by atoms with E-state index in [0.717, 1.165) is 5.56 Å². The standard InChI is InChI=1S/C27H35N7O4/c1-17(2)23-25-29-19(4)32-34(25)14-13-33(27(37)24-18(3)28-16-38-24)12-8-11-22(35)30-21(26(36)31-23)15-20-9-6-5-7-10-20/h5-7,9-10,16-17,21,23H,8,11-15H2,1-4H3,(H,30,35)(H,31,36)/t21-,23+/m0/s1. The van der Waals surface area contributed by atoms with E-state index in [1.165, 1.54) is 6.39 Å². The summed E-state index contributed by atoms with van der Waals surface area (Å²) >= 11 is 0. The Balaban J connectivity index is 1.66. The van der Waals surface area contributed by atoms with E-state index in [1.54, 1.807) is 23.4 Å². The average molecular weight is 522 g/mol. The molecule has 38 heavy (non-hydrogen) atoms. The van der Waals surface area contributed by atoms with Crippen LogP contribution in [0.15, 0.2) is 41.1 Å². The molecule has 2 atom stereocenters. The minimum absolute atomic E-state index is 0.00291. The first-order valence-electron chi connectivity index (χ1n) is 13.0. The van der Waals surface area contributed by atoms with Crippen molar-refractivity contribution in [1.29, 1.82) is 0 Å². The van der Waals surface area contributed by atoms with Gasteiger partial charge in [-0.3, -0.25) is 14.4 Å². The van der Waals surface area contributed by atoms with Crippen molar-refractivity contribution in [3.63, 3.8) is 0 Å². The van der Waals surface area contributed by atoms with Gasteiger partial charge in [-0.25, -0.2) is 14.6 Å². The molecule has 4 rings (SSSR count). The first-order chi connectivity index (χ1) is 18.2. The van der Waals surface area contributed by atoms with Crippen LogP contribution in [0.25, 0.3) is 0 Å². The summed E-state index contributed by atoms with van der Waals surface area (Å²) in [6.45, 7) is 8.53. The first-order valence-corrected chi connectivity index (χ1v) is 13.0. The zero-order valence-electron chi connectivity index (χ0n) is 22.3. The molecule has 0 radical (unpaired) electrons. The van der Waals surface area contributed by atoms with Gasteiger partial charge in [0.25, 0.3) is 5.91 Å². The monoisotopic (exact) mass is 521 g/mol. The van der Waals surface area contributed by atoms with Crippen LogP contribution in [0.2, 0.25) is 0 Å². The van der Waals surface area contributed by atoms with Gasteiger partial charge < -0.3 is 20.0 Å². The topological polar surface area (TPSA) is 135 Å². The Morgan fingerprint density at radius 2 is 1.87 bits per heavy atom. The van der Waals surface area contributed by atoms with E-state index in [-0.39, 0.29) is 35.8 Å². The summed E-state index contributed by atoms with van der Waals surface area (Å²) < 4.78 is 7.10. The number of fused-ring (bicyclic) bond motifs is 1. The lowest BCUT2D eigenvalue weighted by Gasteiger charge is -2.27. The molecule has 2 aromatic heterocycles. The van der Waals surface area contributed by atoms with Crippen molar-refractivity contribution in [1.82, 2.24) is 35.3 Å². The maximum atomic E-state index is 13.5. The summed E-state index contributed by atoms with van der Waals surface area (Å²) in [6.07, 6.45) is 2.19. The SMILES string of the molecule is Cc1nc2n(n1)CCN(C(=O)c1ocnc1C)CCCC(=O)N[C@@H](Cc1ccccc1)C(=O)N[C@@H]2C(C)C. The molecule has 1 aromatic carbocycles. The van der Waals surface area contributed by atoms with Crippen LogP contribution in [-0.2, 0) is 22.6 Å². The zero-order valence-corrected chi connectivity index (χ0v) is 22.3. The second kappa shape index (κ2) is 12.0. The van der Waals surface area contributed by atoms with E-state index >= 15 is 0 Å². The van der Waals surface area contributed by atoms with Gasteiger partial charge in [0.1, 0.15) is 17.7 Å². The number of nitrogens with one attached hydrogen (secondary N) is 2. The average Bonchev–Trinajstić information content (AvgIpc) is 3.48. The highest BCUT2D eigenvalue weighted by atomic mass is 16.3. The molecule has 0 bridgehead atoms. The van der Waals surface area contributed by atoms with Crippen molar-refractivity contribution in [2.45, 2.75) is 65.6 Å². The molecule has 0 aliphatic carbocycles. The Morgan fingerprint density at radius 1 is 1.11 bits per heavy atom. The molecule has 0 unspecified atom stereocenters. The third kappa shape index (κ3) is 6.45. The number of amides is 3. The number of aryl methyl sites for hydroxylation is 2. The van der Waals surface area contributed by atoms with Crippen molar-refractivity contribution in [2.75, 3.05) is 13.1 Å². The molecule has 0 saturated carbocycles. The second-order valence-corrected chi connectivity index (χ2v) is 9.94. The second-order valence-electron chi connectivity index (χ2n) is 9.94. The van der Waals surface area contributed by atoms with E-state index in [9.17, 15) is 14.4 Å².